The Bertz CT molecular complexity index is 548. The van der Waals surface area contributed by atoms with Gasteiger partial charge < -0.3 is 5.32 Å². The van der Waals surface area contributed by atoms with Crippen molar-refractivity contribution >= 4 is 46.1 Å². The molecule has 0 aliphatic heterocycles. The normalized spacial score (nSPS) is 10.3. The minimum absolute atomic E-state index is 0.269. The molecule has 0 atom stereocenters. The number of amides is 1. The molecule has 2 heterocycles. The van der Waals surface area contributed by atoms with E-state index in [0.29, 0.717) is 15.6 Å². The van der Waals surface area contributed by atoms with Crippen LogP contribution in [0.2, 0.25) is 10.2 Å². The molecular formula is C11H8Cl2N2OS. The Hall–Kier alpha value is -1.10. The van der Waals surface area contributed by atoms with Crippen LogP contribution in [0.5, 0.6) is 0 Å². The van der Waals surface area contributed by atoms with Crippen LogP contribution in [-0.4, -0.2) is 10.9 Å². The van der Waals surface area contributed by atoms with Crippen LogP contribution in [0.15, 0.2) is 23.7 Å². The van der Waals surface area contributed by atoms with Crippen LogP contribution in [0.4, 0.5) is 5.69 Å². The summed E-state index contributed by atoms with van der Waals surface area (Å²) in [6.45, 7) is 1.85. The molecule has 2 aromatic heterocycles. The zero-order chi connectivity index (χ0) is 12.4. The number of anilines is 1. The minimum Gasteiger partial charge on any atom is -0.318 e. The zero-order valence-electron chi connectivity index (χ0n) is 8.83. The van der Waals surface area contributed by atoms with Gasteiger partial charge in [0.25, 0.3) is 5.91 Å². The van der Waals surface area contributed by atoms with Crippen molar-refractivity contribution in [2.45, 2.75) is 6.92 Å². The lowest BCUT2D eigenvalue weighted by molar-refractivity contribution is 0.103. The SMILES string of the molecule is Cc1ccnc(Cl)c1NC(=O)c1sccc1Cl. The summed E-state index contributed by atoms with van der Waals surface area (Å²) in [5, 5.41) is 5.18. The Labute approximate surface area is 112 Å². The van der Waals surface area contributed by atoms with Gasteiger partial charge in [-0.05, 0) is 30.0 Å². The molecule has 0 unspecified atom stereocenters. The molecule has 88 valence electrons. The number of hydrogen-bond acceptors (Lipinski definition) is 3. The van der Waals surface area contributed by atoms with E-state index in [1.165, 1.54) is 11.3 Å². The molecule has 0 spiro atoms. The fourth-order valence-corrected chi connectivity index (χ4v) is 2.59. The number of carbonyl (C=O) groups is 1. The number of aromatic nitrogens is 1. The van der Waals surface area contributed by atoms with Gasteiger partial charge in [-0.2, -0.15) is 0 Å². The lowest BCUT2D eigenvalue weighted by atomic mass is 10.2. The topological polar surface area (TPSA) is 42.0 Å². The van der Waals surface area contributed by atoms with Gasteiger partial charge in [0.1, 0.15) is 4.88 Å². The van der Waals surface area contributed by atoms with Gasteiger partial charge in [0, 0.05) is 6.20 Å². The average molecular weight is 287 g/mol. The van der Waals surface area contributed by atoms with Gasteiger partial charge in [-0.15, -0.1) is 11.3 Å². The second-order valence-electron chi connectivity index (χ2n) is 3.35. The molecular weight excluding hydrogens is 279 g/mol. The first-order valence-corrected chi connectivity index (χ1v) is 6.38. The van der Waals surface area contributed by atoms with Crippen molar-refractivity contribution in [1.82, 2.24) is 4.98 Å². The summed E-state index contributed by atoms with van der Waals surface area (Å²) >= 11 is 13.1. The van der Waals surface area contributed by atoms with Crippen LogP contribution in [0.1, 0.15) is 15.2 Å². The van der Waals surface area contributed by atoms with Crippen LogP contribution >= 0.6 is 34.5 Å². The van der Waals surface area contributed by atoms with Crippen LogP contribution in [0.3, 0.4) is 0 Å². The number of halogens is 2. The lowest BCUT2D eigenvalue weighted by Crippen LogP contribution is -2.12. The second-order valence-corrected chi connectivity index (χ2v) is 5.03. The fourth-order valence-electron chi connectivity index (χ4n) is 1.30. The molecule has 0 aliphatic rings. The monoisotopic (exact) mass is 286 g/mol. The third kappa shape index (κ3) is 2.60. The summed E-state index contributed by atoms with van der Waals surface area (Å²) in [6, 6.07) is 3.45. The Morgan fingerprint density at radius 1 is 1.41 bits per heavy atom. The average Bonchev–Trinajstić information content (AvgIpc) is 2.70. The molecule has 1 amide bonds. The molecule has 0 radical (unpaired) electrons. The third-order valence-electron chi connectivity index (χ3n) is 2.17. The lowest BCUT2D eigenvalue weighted by Gasteiger charge is -2.08. The van der Waals surface area contributed by atoms with E-state index in [4.69, 9.17) is 23.2 Å². The molecule has 6 heteroatoms. The van der Waals surface area contributed by atoms with E-state index in [2.05, 4.69) is 10.3 Å². The van der Waals surface area contributed by atoms with Crippen LogP contribution < -0.4 is 5.32 Å². The molecule has 0 bridgehead atoms. The first-order valence-electron chi connectivity index (χ1n) is 4.75. The van der Waals surface area contributed by atoms with Gasteiger partial charge in [-0.3, -0.25) is 4.79 Å². The van der Waals surface area contributed by atoms with Crippen molar-refractivity contribution in [3.05, 3.63) is 44.3 Å². The van der Waals surface area contributed by atoms with Crippen molar-refractivity contribution in [1.29, 1.82) is 0 Å². The maximum atomic E-state index is 11.9. The number of thiophene rings is 1. The van der Waals surface area contributed by atoms with E-state index in [0.717, 1.165) is 5.56 Å². The highest BCUT2D eigenvalue weighted by Crippen LogP contribution is 2.26. The van der Waals surface area contributed by atoms with E-state index in [-0.39, 0.29) is 11.1 Å². The number of rotatable bonds is 2. The Balaban J connectivity index is 2.28. The molecule has 0 saturated heterocycles. The molecule has 2 aromatic rings. The number of hydrogen-bond donors (Lipinski definition) is 1. The molecule has 0 aliphatic carbocycles. The standard InChI is InChI=1S/C11H8Cl2N2OS/c1-6-2-4-14-10(13)8(6)15-11(16)9-7(12)3-5-17-9/h2-5H,1H3,(H,15,16). The van der Waals surface area contributed by atoms with Crippen molar-refractivity contribution < 1.29 is 4.79 Å². The van der Waals surface area contributed by atoms with E-state index in [9.17, 15) is 4.79 Å². The van der Waals surface area contributed by atoms with E-state index >= 15 is 0 Å². The Morgan fingerprint density at radius 2 is 2.18 bits per heavy atom. The van der Waals surface area contributed by atoms with Crippen molar-refractivity contribution in [2.75, 3.05) is 5.32 Å². The second kappa shape index (κ2) is 5.04. The Morgan fingerprint density at radius 3 is 2.76 bits per heavy atom. The predicted octanol–water partition coefficient (Wildman–Crippen LogP) is 4.01. The molecule has 0 fully saturated rings. The number of nitrogens with one attached hydrogen (secondary N) is 1. The van der Waals surface area contributed by atoms with Crippen LogP contribution in [0.25, 0.3) is 0 Å². The number of pyridine rings is 1. The largest absolute Gasteiger partial charge is 0.318 e. The Kier molecular flexibility index (Phi) is 3.66. The minimum atomic E-state index is -0.275. The molecule has 2 rings (SSSR count). The fraction of sp³-hybridized carbons (Fsp3) is 0.0909. The van der Waals surface area contributed by atoms with E-state index in [1.807, 2.05) is 6.92 Å². The molecule has 3 nitrogen and oxygen atoms in total. The molecule has 1 N–H and O–H groups in total. The summed E-state index contributed by atoms with van der Waals surface area (Å²) in [7, 11) is 0. The van der Waals surface area contributed by atoms with Gasteiger partial charge >= 0.3 is 0 Å². The third-order valence-corrected chi connectivity index (χ3v) is 3.80. The maximum Gasteiger partial charge on any atom is 0.267 e. The highest BCUT2D eigenvalue weighted by atomic mass is 35.5. The summed E-state index contributed by atoms with van der Waals surface area (Å²) in [6.07, 6.45) is 1.59. The summed E-state index contributed by atoms with van der Waals surface area (Å²) in [5.74, 6) is -0.275. The zero-order valence-corrected chi connectivity index (χ0v) is 11.2. The van der Waals surface area contributed by atoms with Crippen molar-refractivity contribution in [3.8, 4) is 0 Å². The van der Waals surface area contributed by atoms with Gasteiger partial charge in [0.05, 0.1) is 10.7 Å². The number of aryl methyl sites for hydroxylation is 1. The molecule has 0 aromatic carbocycles. The quantitative estimate of drug-likeness (QED) is 0.848. The first kappa shape index (κ1) is 12.4. The smallest absolute Gasteiger partial charge is 0.267 e. The van der Waals surface area contributed by atoms with Gasteiger partial charge in [0.15, 0.2) is 5.15 Å². The molecule has 17 heavy (non-hydrogen) atoms. The number of carbonyl (C=O) groups excluding carboxylic acids is 1. The summed E-state index contributed by atoms with van der Waals surface area (Å²) in [5.41, 5.74) is 1.37. The highest BCUT2D eigenvalue weighted by molar-refractivity contribution is 7.12. The molecule has 0 saturated carbocycles. The van der Waals surface area contributed by atoms with Crippen LogP contribution in [-0.2, 0) is 0 Å². The highest BCUT2D eigenvalue weighted by Gasteiger charge is 2.14. The first-order chi connectivity index (χ1) is 8.09. The number of nitrogens with zero attached hydrogens (tertiary/aromatic N) is 1. The van der Waals surface area contributed by atoms with Crippen LogP contribution in [0, 0.1) is 6.92 Å². The van der Waals surface area contributed by atoms with Crippen molar-refractivity contribution in [3.63, 3.8) is 0 Å². The van der Waals surface area contributed by atoms with Gasteiger partial charge in [-0.25, -0.2) is 4.98 Å². The van der Waals surface area contributed by atoms with Crippen molar-refractivity contribution in [2.24, 2.45) is 0 Å². The van der Waals surface area contributed by atoms with E-state index < -0.39 is 0 Å². The predicted molar refractivity (Wildman–Crippen MR) is 71.3 cm³/mol. The summed E-state index contributed by atoms with van der Waals surface area (Å²) < 4.78 is 0. The van der Waals surface area contributed by atoms with Gasteiger partial charge in [-0.1, -0.05) is 23.2 Å². The summed E-state index contributed by atoms with van der Waals surface area (Å²) in [4.78, 5) is 16.3. The van der Waals surface area contributed by atoms with E-state index in [1.54, 1.807) is 23.7 Å². The maximum absolute atomic E-state index is 11.9. The van der Waals surface area contributed by atoms with Gasteiger partial charge in [0.2, 0.25) is 0 Å².